The van der Waals surface area contributed by atoms with Crippen LogP contribution in [0.4, 0.5) is 0 Å². The van der Waals surface area contributed by atoms with E-state index in [9.17, 15) is 14.7 Å². The highest BCUT2D eigenvalue weighted by Gasteiger charge is 2.09. The third-order valence-corrected chi connectivity index (χ3v) is 3.66. The average Bonchev–Trinajstić information content (AvgIpc) is 2.62. The first-order valence-corrected chi connectivity index (χ1v) is 8.36. The van der Waals surface area contributed by atoms with Gasteiger partial charge in [-0.25, -0.2) is 4.79 Å². The van der Waals surface area contributed by atoms with Gasteiger partial charge in [0, 0.05) is 0 Å². The average molecular weight is 341 g/mol. The fourth-order valence-electron chi connectivity index (χ4n) is 2.23. The second-order valence-corrected chi connectivity index (χ2v) is 5.63. The third kappa shape index (κ3) is 5.95. The topological polar surface area (TPSA) is 75.7 Å². The molecule has 0 bridgehead atoms. The molecule has 0 saturated heterocycles. The second kappa shape index (κ2) is 9.47. The fourth-order valence-corrected chi connectivity index (χ4v) is 2.23. The minimum atomic E-state index is -1.27. The van der Waals surface area contributed by atoms with E-state index >= 15 is 0 Å². The van der Waals surface area contributed by atoms with Crippen molar-refractivity contribution in [3.8, 4) is 11.5 Å². The Bertz CT molecular complexity index is 689. The van der Waals surface area contributed by atoms with Crippen LogP contribution in [0.3, 0.4) is 0 Å². The molecular formula is C20H21O5-. The molecule has 132 valence electrons. The molecule has 5 nitrogen and oxygen atoms in total. The molecule has 0 aromatic heterocycles. The number of hydrogen-bond donors (Lipinski definition) is 0. The van der Waals surface area contributed by atoms with Gasteiger partial charge in [0.1, 0.15) is 11.5 Å². The molecule has 0 N–H and O–H groups in total. The predicted molar refractivity (Wildman–Crippen MR) is 91.8 cm³/mol. The zero-order chi connectivity index (χ0) is 18.1. The van der Waals surface area contributed by atoms with E-state index < -0.39 is 11.9 Å². The lowest BCUT2D eigenvalue weighted by molar-refractivity contribution is -0.255. The molecule has 0 aliphatic rings. The van der Waals surface area contributed by atoms with Crippen LogP contribution in [0.5, 0.6) is 11.5 Å². The molecule has 2 aromatic rings. The summed E-state index contributed by atoms with van der Waals surface area (Å²) in [5, 5.41) is 10.7. The van der Waals surface area contributed by atoms with E-state index in [0.29, 0.717) is 17.9 Å². The van der Waals surface area contributed by atoms with Crippen molar-refractivity contribution in [3.05, 3.63) is 59.7 Å². The van der Waals surface area contributed by atoms with Gasteiger partial charge in [0.2, 0.25) is 0 Å². The molecule has 0 radical (unpaired) electrons. The summed E-state index contributed by atoms with van der Waals surface area (Å²) in [5.74, 6) is -0.809. The van der Waals surface area contributed by atoms with E-state index in [0.717, 1.165) is 12.8 Å². The van der Waals surface area contributed by atoms with Crippen LogP contribution in [0, 0.1) is 0 Å². The van der Waals surface area contributed by atoms with Crippen LogP contribution in [0.25, 0.3) is 0 Å². The monoisotopic (exact) mass is 341 g/mol. The molecule has 0 fully saturated rings. The Kier molecular flexibility index (Phi) is 7.01. The highest BCUT2D eigenvalue weighted by atomic mass is 16.5. The standard InChI is InChI=1S/C20H22O5/c1-2-3-4-5-14-24-17-10-8-16(9-11-17)20(23)25-18-12-6-15(7-13-18)19(21)22/h6-13H,2-5,14H2,1H3,(H,21,22)/p-1. The second-order valence-electron chi connectivity index (χ2n) is 5.63. The van der Waals surface area contributed by atoms with Crippen molar-refractivity contribution in [2.45, 2.75) is 32.6 Å². The van der Waals surface area contributed by atoms with Crippen LogP contribution in [0.1, 0.15) is 53.3 Å². The van der Waals surface area contributed by atoms with E-state index in [4.69, 9.17) is 9.47 Å². The van der Waals surface area contributed by atoms with Gasteiger partial charge in [0.05, 0.1) is 18.1 Å². The number of carboxylic acids is 1. The van der Waals surface area contributed by atoms with Crippen LogP contribution in [0.2, 0.25) is 0 Å². The zero-order valence-corrected chi connectivity index (χ0v) is 14.2. The lowest BCUT2D eigenvalue weighted by Crippen LogP contribution is -2.22. The van der Waals surface area contributed by atoms with Gasteiger partial charge < -0.3 is 19.4 Å². The molecule has 0 atom stereocenters. The predicted octanol–water partition coefficient (Wildman–Crippen LogP) is 3.23. The normalized spacial score (nSPS) is 10.3. The number of carbonyl (C=O) groups excluding carboxylic acids is 2. The maximum atomic E-state index is 12.1. The minimum Gasteiger partial charge on any atom is -0.545 e. The van der Waals surface area contributed by atoms with Crippen molar-refractivity contribution < 1.29 is 24.2 Å². The van der Waals surface area contributed by atoms with Gasteiger partial charge in [0.15, 0.2) is 0 Å². The Labute approximate surface area is 147 Å². The van der Waals surface area contributed by atoms with Crippen LogP contribution < -0.4 is 14.6 Å². The largest absolute Gasteiger partial charge is 0.545 e. The van der Waals surface area contributed by atoms with E-state index in [1.165, 1.54) is 37.1 Å². The molecule has 25 heavy (non-hydrogen) atoms. The number of carboxylic acid groups (broad SMARTS) is 1. The highest BCUT2D eigenvalue weighted by Crippen LogP contribution is 2.17. The van der Waals surface area contributed by atoms with Crippen molar-refractivity contribution in [1.82, 2.24) is 0 Å². The van der Waals surface area contributed by atoms with Gasteiger partial charge >= 0.3 is 5.97 Å². The van der Waals surface area contributed by atoms with Crippen molar-refractivity contribution in [3.63, 3.8) is 0 Å². The van der Waals surface area contributed by atoms with Crippen LogP contribution in [0.15, 0.2) is 48.5 Å². The maximum Gasteiger partial charge on any atom is 0.343 e. The number of carbonyl (C=O) groups is 2. The zero-order valence-electron chi connectivity index (χ0n) is 14.2. The summed E-state index contributed by atoms with van der Waals surface area (Å²) in [7, 11) is 0. The number of unbranched alkanes of at least 4 members (excludes halogenated alkanes) is 3. The quantitative estimate of drug-likeness (QED) is 0.398. The lowest BCUT2D eigenvalue weighted by atomic mass is 10.2. The Hall–Kier alpha value is -2.82. The summed E-state index contributed by atoms with van der Waals surface area (Å²) >= 11 is 0. The van der Waals surface area contributed by atoms with E-state index in [-0.39, 0.29) is 11.3 Å². The SMILES string of the molecule is CCCCCCOc1ccc(C(=O)Oc2ccc(C(=O)[O-])cc2)cc1. The highest BCUT2D eigenvalue weighted by molar-refractivity contribution is 5.91. The van der Waals surface area contributed by atoms with Gasteiger partial charge in [0.25, 0.3) is 0 Å². The first-order valence-electron chi connectivity index (χ1n) is 8.36. The Balaban J connectivity index is 1.86. The van der Waals surface area contributed by atoms with Crippen molar-refractivity contribution in [1.29, 1.82) is 0 Å². The molecule has 0 heterocycles. The summed E-state index contributed by atoms with van der Waals surface area (Å²) < 4.78 is 10.8. The Morgan fingerprint density at radius 2 is 1.44 bits per heavy atom. The van der Waals surface area contributed by atoms with Gasteiger partial charge in [-0.3, -0.25) is 0 Å². The molecule has 2 aromatic carbocycles. The molecule has 0 saturated carbocycles. The number of rotatable bonds is 9. The molecule has 0 amide bonds. The summed E-state index contributed by atoms with van der Waals surface area (Å²) in [6, 6.07) is 12.2. The minimum absolute atomic E-state index is 0.0280. The first-order chi connectivity index (χ1) is 12.1. The number of esters is 1. The van der Waals surface area contributed by atoms with Gasteiger partial charge in [-0.1, -0.05) is 26.2 Å². The van der Waals surface area contributed by atoms with Crippen LogP contribution in [-0.2, 0) is 0 Å². The van der Waals surface area contributed by atoms with Crippen LogP contribution >= 0.6 is 0 Å². The number of ether oxygens (including phenoxy) is 2. The third-order valence-electron chi connectivity index (χ3n) is 3.66. The van der Waals surface area contributed by atoms with Gasteiger partial charge in [-0.15, -0.1) is 0 Å². The maximum absolute atomic E-state index is 12.1. The van der Waals surface area contributed by atoms with Gasteiger partial charge in [-0.05, 0) is 60.5 Å². The number of benzene rings is 2. The Morgan fingerprint density at radius 1 is 0.840 bits per heavy atom. The van der Waals surface area contributed by atoms with Crippen molar-refractivity contribution in [2.75, 3.05) is 6.61 Å². The van der Waals surface area contributed by atoms with Crippen molar-refractivity contribution in [2.24, 2.45) is 0 Å². The molecule has 0 unspecified atom stereocenters. The number of hydrogen-bond acceptors (Lipinski definition) is 5. The molecule has 0 aliphatic carbocycles. The van der Waals surface area contributed by atoms with E-state index in [1.807, 2.05) is 0 Å². The van der Waals surface area contributed by atoms with Crippen molar-refractivity contribution >= 4 is 11.9 Å². The summed E-state index contributed by atoms with van der Waals surface area (Å²) in [5.41, 5.74) is 0.419. The lowest BCUT2D eigenvalue weighted by Gasteiger charge is -2.08. The van der Waals surface area contributed by atoms with Gasteiger partial charge in [-0.2, -0.15) is 0 Å². The Morgan fingerprint density at radius 3 is 2.04 bits per heavy atom. The molecule has 2 rings (SSSR count). The van der Waals surface area contributed by atoms with Crippen LogP contribution in [-0.4, -0.2) is 18.5 Å². The summed E-state index contributed by atoms with van der Waals surface area (Å²) in [6.45, 7) is 2.82. The summed E-state index contributed by atoms with van der Waals surface area (Å²) in [6.07, 6.45) is 4.56. The fraction of sp³-hybridized carbons (Fsp3) is 0.300. The molecule has 0 spiro atoms. The molecule has 0 aliphatic heterocycles. The molecular weight excluding hydrogens is 320 g/mol. The smallest absolute Gasteiger partial charge is 0.343 e. The molecule has 5 heteroatoms. The first kappa shape index (κ1) is 18.5. The number of aromatic carboxylic acids is 1. The van der Waals surface area contributed by atoms with E-state index in [1.54, 1.807) is 24.3 Å². The van der Waals surface area contributed by atoms with E-state index in [2.05, 4.69) is 6.92 Å². The summed E-state index contributed by atoms with van der Waals surface area (Å²) in [4.78, 5) is 22.8.